The van der Waals surface area contributed by atoms with Gasteiger partial charge in [-0.25, -0.2) is 13.2 Å². The number of urea groups is 1. The number of carbonyl (C=O) groups excluding carboxylic acids is 2. The minimum atomic E-state index is -3.38. The van der Waals surface area contributed by atoms with Crippen LogP contribution in [0.25, 0.3) is 0 Å². The van der Waals surface area contributed by atoms with Crippen LogP contribution in [0.4, 0.5) is 4.79 Å². The third-order valence-electron chi connectivity index (χ3n) is 4.56. The molecule has 1 saturated heterocycles. The number of sulfone groups is 1. The molecule has 3 rings (SSSR count). The fourth-order valence-corrected chi connectivity index (χ4v) is 5.19. The molecule has 2 heterocycles. The van der Waals surface area contributed by atoms with Gasteiger partial charge in [0.25, 0.3) is 0 Å². The maximum absolute atomic E-state index is 12.7. The molecule has 2 N–H and O–H groups in total. The lowest BCUT2D eigenvalue weighted by Gasteiger charge is -2.26. The van der Waals surface area contributed by atoms with Gasteiger partial charge in [-0.3, -0.25) is 4.79 Å². The lowest BCUT2D eigenvalue weighted by molar-refractivity contribution is -0.125. The van der Waals surface area contributed by atoms with Gasteiger partial charge < -0.3 is 15.5 Å². The van der Waals surface area contributed by atoms with Crippen molar-refractivity contribution in [2.45, 2.75) is 49.7 Å². The molecule has 25 heavy (non-hydrogen) atoms. The summed E-state index contributed by atoms with van der Waals surface area (Å²) in [6.07, 6.45) is 1.33. The predicted octanol–water partition coefficient (Wildman–Crippen LogP) is 1.21. The fourth-order valence-electron chi connectivity index (χ4n) is 3.45. The zero-order valence-corrected chi connectivity index (χ0v) is 15.2. The number of amides is 3. The number of hydrogen-bond donors (Lipinski definition) is 2. The average Bonchev–Trinajstić information content (AvgIpc) is 3.11. The fraction of sp³-hybridized carbons (Fsp3) is 0.529. The number of carbonyl (C=O) groups is 2. The van der Waals surface area contributed by atoms with Gasteiger partial charge in [-0.15, -0.1) is 0 Å². The quantitative estimate of drug-likeness (QED) is 0.842. The first-order valence-electron chi connectivity index (χ1n) is 8.49. The third-order valence-corrected chi connectivity index (χ3v) is 6.37. The van der Waals surface area contributed by atoms with E-state index in [1.165, 1.54) is 4.90 Å². The highest BCUT2D eigenvalue weighted by Gasteiger charge is 2.39. The summed E-state index contributed by atoms with van der Waals surface area (Å²) in [6.45, 7) is 4.25. The van der Waals surface area contributed by atoms with E-state index < -0.39 is 21.9 Å². The molecule has 1 unspecified atom stereocenters. The Morgan fingerprint density at radius 3 is 2.68 bits per heavy atom. The van der Waals surface area contributed by atoms with Crippen molar-refractivity contribution < 1.29 is 18.0 Å². The molecular formula is C17H23N3O4S. The first-order chi connectivity index (χ1) is 11.8. The zero-order chi connectivity index (χ0) is 18.2. The Kier molecular flexibility index (Phi) is 4.73. The van der Waals surface area contributed by atoms with Crippen LogP contribution in [0.1, 0.15) is 38.3 Å². The molecule has 0 bridgehead atoms. The molecule has 3 amide bonds. The molecule has 2 atom stereocenters. The number of fused-ring (bicyclic) bond motifs is 1. The van der Waals surface area contributed by atoms with Crippen molar-refractivity contribution in [2.75, 3.05) is 12.3 Å². The smallest absolute Gasteiger partial charge is 0.318 e. The topological polar surface area (TPSA) is 95.6 Å². The van der Waals surface area contributed by atoms with Crippen LogP contribution >= 0.6 is 0 Å². The molecule has 0 spiro atoms. The summed E-state index contributed by atoms with van der Waals surface area (Å²) < 4.78 is 24.5. The van der Waals surface area contributed by atoms with Crippen LogP contribution in [0.5, 0.6) is 0 Å². The van der Waals surface area contributed by atoms with Crippen molar-refractivity contribution in [1.82, 2.24) is 15.5 Å². The van der Waals surface area contributed by atoms with E-state index in [1.54, 1.807) is 24.3 Å². The summed E-state index contributed by atoms with van der Waals surface area (Å²) in [4.78, 5) is 26.8. The summed E-state index contributed by atoms with van der Waals surface area (Å²) in [7, 11) is -3.38. The average molecular weight is 365 g/mol. The summed E-state index contributed by atoms with van der Waals surface area (Å²) in [5, 5.41) is 5.63. The second-order valence-electron chi connectivity index (χ2n) is 6.84. The molecular weight excluding hydrogens is 342 g/mol. The number of benzene rings is 1. The highest BCUT2D eigenvalue weighted by Crippen LogP contribution is 2.33. The van der Waals surface area contributed by atoms with Crippen molar-refractivity contribution in [3.63, 3.8) is 0 Å². The minimum absolute atomic E-state index is 0.0105. The lowest BCUT2D eigenvalue weighted by Crippen LogP contribution is -2.51. The Morgan fingerprint density at radius 1 is 1.24 bits per heavy atom. The Bertz CT molecular complexity index is 791. The van der Waals surface area contributed by atoms with Gasteiger partial charge in [0.05, 0.1) is 16.7 Å². The van der Waals surface area contributed by atoms with Crippen LogP contribution in [0.2, 0.25) is 0 Å². The normalized spacial score (nSPS) is 24.2. The van der Waals surface area contributed by atoms with E-state index in [0.717, 1.165) is 6.42 Å². The van der Waals surface area contributed by atoms with E-state index in [2.05, 4.69) is 10.6 Å². The van der Waals surface area contributed by atoms with E-state index in [4.69, 9.17) is 0 Å². The standard InChI is InChI=1S/C17H23N3O4S/c1-11(2)18-17(22)20-9-5-7-14(20)16(21)19-13-10-25(23,24)15-8-4-3-6-12(13)15/h3-4,6,8,11,13-14H,5,7,9-10H2,1-2H3,(H,18,22)(H,19,21)/t13?,14-/m0/s1. The molecule has 2 aliphatic heterocycles. The summed E-state index contributed by atoms with van der Waals surface area (Å²) in [5.41, 5.74) is 0.618. The van der Waals surface area contributed by atoms with Gasteiger partial charge in [0, 0.05) is 12.6 Å². The molecule has 0 saturated carbocycles. The molecule has 8 heteroatoms. The molecule has 0 radical (unpaired) electrons. The molecule has 0 aromatic heterocycles. The number of hydrogen-bond acceptors (Lipinski definition) is 4. The van der Waals surface area contributed by atoms with Crippen LogP contribution in [0, 0.1) is 0 Å². The zero-order valence-electron chi connectivity index (χ0n) is 14.4. The predicted molar refractivity (Wildman–Crippen MR) is 92.8 cm³/mol. The Labute approximate surface area is 147 Å². The highest BCUT2D eigenvalue weighted by atomic mass is 32.2. The number of nitrogens with zero attached hydrogens (tertiary/aromatic N) is 1. The maximum atomic E-state index is 12.7. The minimum Gasteiger partial charge on any atom is -0.346 e. The van der Waals surface area contributed by atoms with Crippen LogP contribution in [-0.2, 0) is 14.6 Å². The van der Waals surface area contributed by atoms with Crippen molar-refractivity contribution in [3.8, 4) is 0 Å². The van der Waals surface area contributed by atoms with Crippen molar-refractivity contribution in [3.05, 3.63) is 29.8 Å². The molecule has 1 fully saturated rings. The van der Waals surface area contributed by atoms with Gasteiger partial charge in [0.1, 0.15) is 6.04 Å². The Morgan fingerprint density at radius 2 is 1.96 bits per heavy atom. The summed E-state index contributed by atoms with van der Waals surface area (Å²) in [5.74, 6) is -0.434. The molecule has 1 aromatic rings. The maximum Gasteiger partial charge on any atom is 0.318 e. The van der Waals surface area contributed by atoms with Gasteiger partial charge >= 0.3 is 6.03 Å². The van der Waals surface area contributed by atoms with E-state index in [0.29, 0.717) is 18.5 Å². The molecule has 0 aliphatic carbocycles. The van der Waals surface area contributed by atoms with Crippen LogP contribution in [0.15, 0.2) is 29.2 Å². The van der Waals surface area contributed by atoms with Gasteiger partial charge in [-0.2, -0.15) is 0 Å². The van der Waals surface area contributed by atoms with Crippen molar-refractivity contribution >= 4 is 21.8 Å². The monoisotopic (exact) mass is 365 g/mol. The SMILES string of the molecule is CC(C)NC(=O)N1CCC[C@H]1C(=O)NC1CS(=O)(=O)c2ccccc21. The van der Waals surface area contributed by atoms with Gasteiger partial charge in [-0.1, -0.05) is 18.2 Å². The van der Waals surface area contributed by atoms with Crippen LogP contribution < -0.4 is 10.6 Å². The van der Waals surface area contributed by atoms with Crippen LogP contribution in [-0.4, -0.2) is 49.6 Å². The van der Waals surface area contributed by atoms with Gasteiger partial charge in [0.15, 0.2) is 9.84 Å². The summed E-state index contributed by atoms with van der Waals surface area (Å²) >= 11 is 0. The van der Waals surface area contributed by atoms with E-state index in [-0.39, 0.29) is 28.6 Å². The third kappa shape index (κ3) is 3.49. The first-order valence-corrected chi connectivity index (χ1v) is 10.1. The Balaban J connectivity index is 1.74. The second-order valence-corrected chi connectivity index (χ2v) is 8.84. The molecule has 136 valence electrons. The second kappa shape index (κ2) is 6.67. The van der Waals surface area contributed by atoms with Crippen LogP contribution in [0.3, 0.4) is 0 Å². The number of nitrogens with one attached hydrogen (secondary N) is 2. The highest BCUT2D eigenvalue weighted by molar-refractivity contribution is 7.91. The van der Waals surface area contributed by atoms with Crippen molar-refractivity contribution in [1.29, 1.82) is 0 Å². The first kappa shape index (κ1) is 17.7. The van der Waals surface area contributed by atoms with E-state index in [1.807, 2.05) is 13.8 Å². The number of rotatable bonds is 3. The summed E-state index contributed by atoms with van der Waals surface area (Å²) in [6, 6.07) is 5.33. The number of likely N-dealkylation sites (tertiary alicyclic amines) is 1. The Hall–Kier alpha value is -2.09. The van der Waals surface area contributed by atoms with Gasteiger partial charge in [-0.05, 0) is 38.3 Å². The van der Waals surface area contributed by atoms with Gasteiger partial charge in [0.2, 0.25) is 5.91 Å². The largest absolute Gasteiger partial charge is 0.346 e. The molecule has 1 aromatic carbocycles. The van der Waals surface area contributed by atoms with E-state index in [9.17, 15) is 18.0 Å². The van der Waals surface area contributed by atoms with E-state index >= 15 is 0 Å². The molecule has 2 aliphatic rings. The molecule has 7 nitrogen and oxygen atoms in total. The lowest BCUT2D eigenvalue weighted by atomic mass is 10.1. The van der Waals surface area contributed by atoms with Crippen molar-refractivity contribution in [2.24, 2.45) is 0 Å².